The number of hydrogen-bond donors (Lipinski definition) is 1. The fraction of sp³-hybridized carbons (Fsp3) is 0.923. The van der Waals surface area contributed by atoms with E-state index in [0.29, 0.717) is 25.6 Å². The molecule has 0 bridgehead atoms. The van der Waals surface area contributed by atoms with Crippen molar-refractivity contribution in [3.05, 3.63) is 0 Å². The molecular weight excluding hydrogens is 234 g/mol. The second-order valence-electron chi connectivity index (χ2n) is 4.46. The molecule has 106 valence electrons. The molecule has 1 saturated heterocycles. The summed E-state index contributed by atoms with van der Waals surface area (Å²) >= 11 is 0. The van der Waals surface area contributed by atoms with Crippen molar-refractivity contribution in [1.29, 1.82) is 0 Å². The first kappa shape index (κ1) is 15.4. The van der Waals surface area contributed by atoms with Gasteiger partial charge in [-0.2, -0.15) is 0 Å². The van der Waals surface area contributed by atoms with E-state index in [9.17, 15) is 4.79 Å². The molecule has 0 aliphatic carbocycles. The van der Waals surface area contributed by atoms with Crippen molar-refractivity contribution in [3.8, 4) is 0 Å². The van der Waals surface area contributed by atoms with Crippen LogP contribution in [0.3, 0.4) is 0 Å². The molecule has 1 rings (SSSR count). The van der Waals surface area contributed by atoms with Crippen LogP contribution in [0.2, 0.25) is 0 Å². The van der Waals surface area contributed by atoms with Gasteiger partial charge in [-0.1, -0.05) is 6.92 Å². The van der Waals surface area contributed by atoms with Crippen LogP contribution < -0.4 is 5.32 Å². The van der Waals surface area contributed by atoms with Crippen molar-refractivity contribution in [2.45, 2.75) is 32.7 Å². The summed E-state index contributed by atoms with van der Waals surface area (Å²) < 4.78 is 15.9. The molecule has 1 fully saturated rings. The number of carbonyl (C=O) groups is 1. The van der Waals surface area contributed by atoms with E-state index in [1.54, 1.807) is 0 Å². The monoisotopic (exact) mass is 259 g/mol. The smallest absolute Gasteiger partial charge is 0.323 e. The maximum Gasteiger partial charge on any atom is 0.323 e. The normalized spacial score (nSPS) is 20.9. The van der Waals surface area contributed by atoms with E-state index in [1.165, 1.54) is 0 Å². The van der Waals surface area contributed by atoms with E-state index in [0.717, 1.165) is 32.8 Å². The Hall–Kier alpha value is -0.650. The highest BCUT2D eigenvalue weighted by atomic mass is 16.5. The van der Waals surface area contributed by atoms with Crippen molar-refractivity contribution < 1.29 is 19.0 Å². The van der Waals surface area contributed by atoms with E-state index in [4.69, 9.17) is 14.2 Å². The molecule has 0 amide bonds. The van der Waals surface area contributed by atoms with Crippen LogP contribution in [-0.4, -0.2) is 51.6 Å². The Balaban J connectivity index is 2.13. The van der Waals surface area contributed by atoms with Gasteiger partial charge in [0.05, 0.1) is 19.8 Å². The number of nitrogens with one attached hydrogen (secondary N) is 1. The predicted molar refractivity (Wildman–Crippen MR) is 68.5 cm³/mol. The third kappa shape index (κ3) is 5.80. The van der Waals surface area contributed by atoms with Gasteiger partial charge in [0.25, 0.3) is 0 Å². The SMILES string of the molecule is CCNC(CCOCC1CCOC1)C(=O)OCC. The lowest BCUT2D eigenvalue weighted by Gasteiger charge is -2.16. The zero-order chi connectivity index (χ0) is 13.2. The fourth-order valence-electron chi connectivity index (χ4n) is 1.96. The van der Waals surface area contributed by atoms with E-state index in [1.807, 2.05) is 13.8 Å². The molecule has 1 aliphatic rings. The highest BCUT2D eigenvalue weighted by Gasteiger charge is 2.19. The van der Waals surface area contributed by atoms with Gasteiger partial charge in [0.2, 0.25) is 0 Å². The number of rotatable bonds is 9. The molecule has 2 atom stereocenters. The van der Waals surface area contributed by atoms with Gasteiger partial charge < -0.3 is 19.5 Å². The summed E-state index contributed by atoms with van der Waals surface area (Å²) in [6.07, 6.45) is 1.73. The molecule has 0 spiro atoms. The summed E-state index contributed by atoms with van der Waals surface area (Å²) in [6.45, 7) is 7.90. The highest BCUT2D eigenvalue weighted by Crippen LogP contribution is 2.12. The lowest BCUT2D eigenvalue weighted by molar-refractivity contribution is -0.146. The van der Waals surface area contributed by atoms with Crippen molar-refractivity contribution in [1.82, 2.24) is 5.32 Å². The Morgan fingerprint density at radius 2 is 2.33 bits per heavy atom. The van der Waals surface area contributed by atoms with Crippen molar-refractivity contribution >= 4 is 5.97 Å². The molecule has 0 radical (unpaired) electrons. The van der Waals surface area contributed by atoms with Crippen LogP contribution in [0.25, 0.3) is 0 Å². The average molecular weight is 259 g/mol. The Morgan fingerprint density at radius 3 is 2.94 bits per heavy atom. The molecule has 1 aliphatic heterocycles. The zero-order valence-electron chi connectivity index (χ0n) is 11.4. The quantitative estimate of drug-likeness (QED) is 0.494. The molecule has 18 heavy (non-hydrogen) atoms. The number of ether oxygens (including phenoxy) is 3. The van der Waals surface area contributed by atoms with Crippen LogP contribution in [0.4, 0.5) is 0 Å². The van der Waals surface area contributed by atoms with Gasteiger partial charge in [-0.15, -0.1) is 0 Å². The highest BCUT2D eigenvalue weighted by molar-refractivity contribution is 5.75. The van der Waals surface area contributed by atoms with Crippen LogP contribution >= 0.6 is 0 Å². The molecule has 5 heteroatoms. The molecule has 1 heterocycles. The van der Waals surface area contributed by atoms with Crippen LogP contribution in [0, 0.1) is 5.92 Å². The van der Waals surface area contributed by atoms with Crippen LogP contribution in [0.15, 0.2) is 0 Å². The van der Waals surface area contributed by atoms with Crippen LogP contribution in [0.1, 0.15) is 26.7 Å². The average Bonchev–Trinajstić information content (AvgIpc) is 2.86. The number of likely N-dealkylation sites (N-methyl/N-ethyl adjacent to an activating group) is 1. The van der Waals surface area contributed by atoms with Gasteiger partial charge in [0.15, 0.2) is 0 Å². The lowest BCUT2D eigenvalue weighted by atomic mass is 10.1. The second-order valence-corrected chi connectivity index (χ2v) is 4.46. The molecule has 0 aromatic rings. The number of esters is 1. The molecule has 2 unspecified atom stereocenters. The number of hydrogen-bond acceptors (Lipinski definition) is 5. The van der Waals surface area contributed by atoms with Crippen molar-refractivity contribution in [2.24, 2.45) is 5.92 Å². The Labute approximate surface area is 109 Å². The van der Waals surface area contributed by atoms with Gasteiger partial charge >= 0.3 is 5.97 Å². The minimum atomic E-state index is -0.255. The number of carbonyl (C=O) groups excluding carboxylic acids is 1. The summed E-state index contributed by atoms with van der Waals surface area (Å²) in [5, 5.41) is 3.12. The van der Waals surface area contributed by atoms with Gasteiger partial charge in [-0.3, -0.25) is 4.79 Å². The molecule has 1 N–H and O–H groups in total. The molecular formula is C13H25NO4. The Bertz CT molecular complexity index is 229. The third-order valence-electron chi connectivity index (χ3n) is 2.95. The van der Waals surface area contributed by atoms with Crippen LogP contribution in [0.5, 0.6) is 0 Å². The summed E-state index contributed by atoms with van der Waals surface area (Å²) in [4.78, 5) is 11.6. The third-order valence-corrected chi connectivity index (χ3v) is 2.95. The Kier molecular flexibility index (Phi) is 7.96. The standard InChI is InChI=1S/C13H25NO4/c1-3-14-12(13(15)18-4-2)6-8-17-10-11-5-7-16-9-11/h11-12,14H,3-10H2,1-2H3. The first-order valence-corrected chi connectivity index (χ1v) is 6.83. The minimum Gasteiger partial charge on any atom is -0.465 e. The molecule has 0 aromatic carbocycles. The van der Waals surface area contributed by atoms with E-state index in [2.05, 4.69) is 5.32 Å². The van der Waals surface area contributed by atoms with Crippen molar-refractivity contribution in [2.75, 3.05) is 39.6 Å². The van der Waals surface area contributed by atoms with E-state index < -0.39 is 0 Å². The fourth-order valence-corrected chi connectivity index (χ4v) is 1.96. The predicted octanol–water partition coefficient (Wildman–Crippen LogP) is 0.971. The van der Waals surface area contributed by atoms with Crippen LogP contribution in [-0.2, 0) is 19.0 Å². The van der Waals surface area contributed by atoms with Gasteiger partial charge in [0, 0.05) is 19.1 Å². The summed E-state index contributed by atoms with van der Waals surface area (Å²) in [7, 11) is 0. The summed E-state index contributed by atoms with van der Waals surface area (Å²) in [5.74, 6) is 0.331. The first-order chi connectivity index (χ1) is 8.77. The van der Waals surface area contributed by atoms with Gasteiger partial charge in [-0.25, -0.2) is 0 Å². The molecule has 0 saturated carbocycles. The zero-order valence-corrected chi connectivity index (χ0v) is 11.4. The van der Waals surface area contributed by atoms with Gasteiger partial charge in [0.1, 0.15) is 6.04 Å². The van der Waals surface area contributed by atoms with E-state index >= 15 is 0 Å². The molecule has 5 nitrogen and oxygen atoms in total. The maximum atomic E-state index is 11.6. The summed E-state index contributed by atoms with van der Waals surface area (Å²) in [6, 6.07) is -0.255. The topological polar surface area (TPSA) is 56.8 Å². The van der Waals surface area contributed by atoms with E-state index in [-0.39, 0.29) is 12.0 Å². The maximum absolute atomic E-state index is 11.6. The first-order valence-electron chi connectivity index (χ1n) is 6.83. The largest absolute Gasteiger partial charge is 0.465 e. The van der Waals surface area contributed by atoms with Gasteiger partial charge in [-0.05, 0) is 26.3 Å². The minimum absolute atomic E-state index is 0.188. The van der Waals surface area contributed by atoms with Crippen molar-refractivity contribution in [3.63, 3.8) is 0 Å². The lowest BCUT2D eigenvalue weighted by Crippen LogP contribution is -2.39. The molecule has 0 aromatic heterocycles. The second kappa shape index (κ2) is 9.30. The Morgan fingerprint density at radius 1 is 1.50 bits per heavy atom. The summed E-state index contributed by atoms with van der Waals surface area (Å²) in [5.41, 5.74) is 0.